The standard InChI is InChI=1S/C41H53NO3/c1-26-20-38-39(42(24-26)25-29-10-13-33(14-11-29)44-32-8-6-5-7-9-32)28(3)41(45-38)19-17-34-35-15-12-30-21-31(43)16-18-40(30,4)37(35)22-36(34)27(2)23-41/h5-14,26,28,31,34-35,37-39,43H,15-25H2,1-4H3/t26-,28+,31-,34-,35?,37-,38?,39-,40-,41?/m0/s1. The molecule has 2 aromatic carbocycles. The molecule has 10 atom stereocenters. The number of allylic oxidation sites excluding steroid dienone is 2. The van der Waals surface area contributed by atoms with E-state index in [4.69, 9.17) is 9.47 Å². The smallest absolute Gasteiger partial charge is 0.127 e. The van der Waals surface area contributed by atoms with Gasteiger partial charge in [0.05, 0.1) is 17.8 Å². The molecule has 4 aliphatic carbocycles. The largest absolute Gasteiger partial charge is 0.457 e. The van der Waals surface area contributed by atoms with Crippen molar-refractivity contribution in [2.45, 2.75) is 116 Å². The number of para-hydroxylation sites is 1. The van der Waals surface area contributed by atoms with Crippen LogP contribution in [0, 0.1) is 35.0 Å². The molecule has 8 rings (SSSR count). The van der Waals surface area contributed by atoms with E-state index in [1.54, 1.807) is 16.7 Å². The molecule has 4 heteroatoms. The highest BCUT2D eigenvalue weighted by Crippen LogP contribution is 2.64. The van der Waals surface area contributed by atoms with E-state index in [0.717, 1.165) is 62.1 Å². The number of hydrogen-bond acceptors (Lipinski definition) is 4. The molecule has 4 nitrogen and oxygen atoms in total. The van der Waals surface area contributed by atoms with Crippen LogP contribution in [0.15, 0.2) is 77.4 Å². The summed E-state index contributed by atoms with van der Waals surface area (Å²) in [6, 6.07) is 19.2. The van der Waals surface area contributed by atoms with Crippen molar-refractivity contribution in [2.75, 3.05) is 6.54 Å². The summed E-state index contributed by atoms with van der Waals surface area (Å²) in [4.78, 5) is 2.77. The summed E-state index contributed by atoms with van der Waals surface area (Å²) >= 11 is 0. The average molecular weight is 608 g/mol. The van der Waals surface area contributed by atoms with E-state index in [-0.39, 0.29) is 17.1 Å². The molecule has 3 unspecified atom stereocenters. The van der Waals surface area contributed by atoms with Crippen LogP contribution in [0.2, 0.25) is 0 Å². The van der Waals surface area contributed by atoms with Gasteiger partial charge >= 0.3 is 0 Å². The van der Waals surface area contributed by atoms with Crippen LogP contribution in [0.4, 0.5) is 0 Å². The minimum absolute atomic E-state index is 0.0452. The predicted octanol–water partition coefficient (Wildman–Crippen LogP) is 9.10. The van der Waals surface area contributed by atoms with Gasteiger partial charge in [0.15, 0.2) is 0 Å². The third-order valence-electron chi connectivity index (χ3n) is 13.6. The number of benzene rings is 2. The molecular formula is C41H53NO3. The summed E-state index contributed by atoms with van der Waals surface area (Å²) in [5, 5.41) is 10.4. The number of ether oxygens (including phenoxy) is 2. The number of nitrogens with zero attached hydrogens (tertiary/aromatic N) is 1. The number of piperidine rings is 1. The van der Waals surface area contributed by atoms with Crippen molar-refractivity contribution < 1.29 is 14.6 Å². The van der Waals surface area contributed by atoms with Gasteiger partial charge in [-0.25, -0.2) is 0 Å². The Labute approximate surface area is 270 Å². The fourth-order valence-electron chi connectivity index (χ4n) is 11.3. The molecule has 2 aliphatic heterocycles. The monoisotopic (exact) mass is 607 g/mol. The molecule has 2 saturated carbocycles. The van der Waals surface area contributed by atoms with E-state index in [1.165, 1.54) is 37.7 Å². The lowest BCUT2D eigenvalue weighted by molar-refractivity contribution is -0.0798. The van der Waals surface area contributed by atoms with Gasteiger partial charge in [-0.15, -0.1) is 0 Å². The topological polar surface area (TPSA) is 41.9 Å². The van der Waals surface area contributed by atoms with Gasteiger partial charge in [0.1, 0.15) is 11.5 Å². The molecule has 240 valence electrons. The minimum atomic E-state index is -0.131. The SMILES string of the molecule is CC1=C2C[C@H]3C(CC=C4C[C@@H](O)CC[C@@]43C)[C@@H]2CCC2(C1)OC1C[C@H](C)CN(Cc3ccc(Oc4ccccc4)cc3)[C@H]1[C@H]2C. The lowest BCUT2D eigenvalue weighted by atomic mass is 9.56. The van der Waals surface area contributed by atoms with Crippen LogP contribution in [0.1, 0.15) is 91.0 Å². The van der Waals surface area contributed by atoms with Crippen molar-refractivity contribution in [3.63, 3.8) is 0 Å². The first kappa shape index (κ1) is 30.0. The van der Waals surface area contributed by atoms with E-state index in [2.05, 4.69) is 62.9 Å². The molecule has 45 heavy (non-hydrogen) atoms. The summed E-state index contributed by atoms with van der Waals surface area (Å²) in [5.41, 5.74) is 6.59. The summed E-state index contributed by atoms with van der Waals surface area (Å²) in [7, 11) is 0. The fraction of sp³-hybridized carbons (Fsp3) is 0.610. The molecule has 1 N–H and O–H groups in total. The third-order valence-corrected chi connectivity index (χ3v) is 13.6. The fourth-order valence-corrected chi connectivity index (χ4v) is 11.3. The summed E-state index contributed by atoms with van der Waals surface area (Å²) in [5.74, 6) is 5.13. The zero-order valence-corrected chi connectivity index (χ0v) is 27.9. The van der Waals surface area contributed by atoms with Crippen molar-refractivity contribution in [3.05, 3.63) is 83.0 Å². The van der Waals surface area contributed by atoms with Crippen molar-refractivity contribution in [3.8, 4) is 11.5 Å². The zero-order chi connectivity index (χ0) is 30.9. The summed E-state index contributed by atoms with van der Waals surface area (Å²) in [6.45, 7) is 12.1. The predicted molar refractivity (Wildman–Crippen MR) is 180 cm³/mol. The molecule has 6 aliphatic rings. The van der Waals surface area contributed by atoms with Crippen molar-refractivity contribution in [1.82, 2.24) is 4.90 Å². The maximum Gasteiger partial charge on any atom is 0.127 e. The first-order valence-corrected chi connectivity index (χ1v) is 18.0. The molecule has 2 saturated heterocycles. The maximum atomic E-state index is 10.4. The lowest BCUT2D eigenvalue weighted by Gasteiger charge is -2.49. The van der Waals surface area contributed by atoms with Gasteiger partial charge in [0.25, 0.3) is 0 Å². The van der Waals surface area contributed by atoms with Gasteiger partial charge in [-0.3, -0.25) is 4.90 Å². The van der Waals surface area contributed by atoms with E-state index in [1.807, 2.05) is 30.3 Å². The molecule has 0 radical (unpaired) electrons. The van der Waals surface area contributed by atoms with Crippen LogP contribution in [0.25, 0.3) is 0 Å². The highest BCUT2D eigenvalue weighted by Gasteiger charge is 2.59. The lowest BCUT2D eigenvalue weighted by Crippen LogP contribution is -2.51. The first-order valence-electron chi connectivity index (χ1n) is 18.0. The van der Waals surface area contributed by atoms with Crippen molar-refractivity contribution in [2.24, 2.45) is 35.0 Å². The normalized spacial score (nSPS) is 41.1. The van der Waals surface area contributed by atoms with E-state index < -0.39 is 0 Å². The molecule has 0 amide bonds. The number of rotatable bonds is 4. The third kappa shape index (κ3) is 5.15. The highest BCUT2D eigenvalue weighted by molar-refractivity contribution is 5.35. The number of aliphatic hydroxyl groups excluding tert-OH is 1. The molecule has 0 aromatic heterocycles. The zero-order valence-electron chi connectivity index (χ0n) is 27.9. The van der Waals surface area contributed by atoms with Gasteiger partial charge in [-0.2, -0.15) is 0 Å². The second-order valence-corrected chi connectivity index (χ2v) is 16.2. The van der Waals surface area contributed by atoms with E-state index >= 15 is 0 Å². The van der Waals surface area contributed by atoms with Gasteiger partial charge in [0.2, 0.25) is 0 Å². The molecular weight excluding hydrogens is 554 g/mol. The number of fused-ring (bicyclic) bond motifs is 6. The number of likely N-dealkylation sites (tertiary alicyclic amines) is 1. The number of aliphatic hydroxyl groups is 1. The van der Waals surface area contributed by atoms with Crippen LogP contribution >= 0.6 is 0 Å². The van der Waals surface area contributed by atoms with Crippen LogP contribution in [0.5, 0.6) is 11.5 Å². The van der Waals surface area contributed by atoms with Gasteiger partial charge < -0.3 is 14.6 Å². The molecule has 4 fully saturated rings. The number of hydrogen-bond donors (Lipinski definition) is 1. The average Bonchev–Trinajstić information content (AvgIpc) is 3.49. The van der Waals surface area contributed by atoms with Crippen LogP contribution in [-0.2, 0) is 11.3 Å². The Morgan fingerprint density at radius 1 is 0.978 bits per heavy atom. The quantitative estimate of drug-likeness (QED) is 0.352. The Morgan fingerprint density at radius 2 is 1.76 bits per heavy atom. The van der Waals surface area contributed by atoms with E-state index in [0.29, 0.717) is 29.9 Å². The Bertz CT molecular complexity index is 1460. The minimum Gasteiger partial charge on any atom is -0.457 e. The Kier molecular flexibility index (Phi) is 7.58. The van der Waals surface area contributed by atoms with Crippen LogP contribution < -0.4 is 4.74 Å². The Hall–Kier alpha value is -2.40. The van der Waals surface area contributed by atoms with Crippen molar-refractivity contribution in [1.29, 1.82) is 0 Å². The molecule has 2 heterocycles. The van der Waals surface area contributed by atoms with Gasteiger partial charge in [0, 0.05) is 25.0 Å². The van der Waals surface area contributed by atoms with Crippen LogP contribution in [0.3, 0.4) is 0 Å². The van der Waals surface area contributed by atoms with Crippen LogP contribution in [-0.4, -0.2) is 40.4 Å². The Morgan fingerprint density at radius 3 is 2.56 bits per heavy atom. The molecule has 1 spiro atoms. The Balaban J connectivity index is 1.000. The highest BCUT2D eigenvalue weighted by atomic mass is 16.5. The van der Waals surface area contributed by atoms with E-state index in [9.17, 15) is 5.11 Å². The maximum absolute atomic E-state index is 10.4. The summed E-state index contributed by atoms with van der Waals surface area (Å²) in [6.07, 6.45) is 13.0. The second-order valence-electron chi connectivity index (χ2n) is 16.2. The first-order chi connectivity index (χ1) is 21.7. The molecule has 0 bridgehead atoms. The summed E-state index contributed by atoms with van der Waals surface area (Å²) < 4.78 is 13.4. The van der Waals surface area contributed by atoms with Gasteiger partial charge in [-0.05, 0) is 124 Å². The van der Waals surface area contributed by atoms with Gasteiger partial charge in [-0.1, -0.05) is 73.9 Å². The van der Waals surface area contributed by atoms with Crippen molar-refractivity contribution >= 4 is 0 Å². The second kappa shape index (κ2) is 11.4. The molecule has 2 aromatic rings.